The second-order valence-corrected chi connectivity index (χ2v) is 11.0. The van der Waals surface area contributed by atoms with Crippen LogP contribution in [0.5, 0.6) is 5.88 Å². The number of nitrogens with one attached hydrogen (secondary N) is 1. The molecule has 3 aromatic rings. The third-order valence-electron chi connectivity index (χ3n) is 8.68. The molecule has 1 aromatic carbocycles. The van der Waals surface area contributed by atoms with E-state index in [1.54, 1.807) is 0 Å². The Morgan fingerprint density at radius 1 is 1.20 bits per heavy atom. The lowest BCUT2D eigenvalue weighted by atomic mass is 9.97. The van der Waals surface area contributed by atoms with Crippen molar-refractivity contribution in [2.24, 2.45) is 0 Å². The largest absolute Gasteiger partial charge is 0.475 e. The Balaban J connectivity index is 1.37. The smallest absolute Gasteiger partial charge is 0.246 e. The Morgan fingerprint density at radius 2 is 2.02 bits per heavy atom. The van der Waals surface area contributed by atoms with Crippen molar-refractivity contribution in [3.63, 3.8) is 0 Å². The molecule has 3 aliphatic heterocycles. The number of likely N-dealkylation sites (tertiary alicyclic amines) is 1. The number of amides is 1. The van der Waals surface area contributed by atoms with Gasteiger partial charge in [-0.2, -0.15) is 10.4 Å². The molecule has 1 N–H and O–H groups in total. The fourth-order valence-corrected chi connectivity index (χ4v) is 6.43. The van der Waals surface area contributed by atoms with E-state index < -0.39 is 0 Å². The van der Waals surface area contributed by atoms with E-state index in [1.165, 1.54) is 11.6 Å². The van der Waals surface area contributed by atoms with Crippen LogP contribution in [0.3, 0.4) is 0 Å². The molecule has 5 heterocycles. The summed E-state index contributed by atoms with van der Waals surface area (Å²) < 4.78 is 6.36. The molecule has 10 nitrogen and oxygen atoms in total. The van der Waals surface area contributed by atoms with E-state index in [-0.39, 0.29) is 5.91 Å². The van der Waals surface area contributed by atoms with Crippen LogP contribution < -0.4 is 14.5 Å². The van der Waals surface area contributed by atoms with E-state index in [9.17, 15) is 10.1 Å². The maximum atomic E-state index is 12.2. The summed E-state index contributed by atoms with van der Waals surface area (Å²) in [6.45, 7) is 11.2. The maximum absolute atomic E-state index is 12.2. The molecule has 0 aliphatic carbocycles. The number of ether oxygens (including phenoxy) is 1. The van der Waals surface area contributed by atoms with Crippen LogP contribution in [0.25, 0.3) is 10.9 Å². The average molecular weight is 541 g/mol. The molecule has 1 atom stereocenters. The number of anilines is 2. The van der Waals surface area contributed by atoms with Gasteiger partial charge in [-0.1, -0.05) is 18.7 Å². The Hall–Kier alpha value is -4.10. The van der Waals surface area contributed by atoms with Gasteiger partial charge in [0.15, 0.2) is 0 Å². The number of benzene rings is 1. The highest BCUT2D eigenvalue weighted by Crippen LogP contribution is 2.39. The van der Waals surface area contributed by atoms with Crippen molar-refractivity contribution in [1.29, 1.82) is 5.26 Å². The minimum absolute atomic E-state index is 0.0550. The van der Waals surface area contributed by atoms with Gasteiger partial charge in [0.05, 0.1) is 35.3 Å². The summed E-state index contributed by atoms with van der Waals surface area (Å²) >= 11 is 0. The first-order valence-electron chi connectivity index (χ1n) is 14.1. The predicted octanol–water partition coefficient (Wildman–Crippen LogP) is 3.01. The zero-order valence-electron chi connectivity index (χ0n) is 23.3. The van der Waals surface area contributed by atoms with Crippen molar-refractivity contribution in [3.05, 3.63) is 53.4 Å². The Kier molecular flexibility index (Phi) is 7.07. The number of nitriles is 1. The van der Waals surface area contributed by atoms with Crippen LogP contribution in [0.4, 0.5) is 11.4 Å². The molecule has 0 radical (unpaired) electrons. The number of aryl methyl sites for hydroxylation is 1. The van der Waals surface area contributed by atoms with Crippen LogP contribution >= 0.6 is 0 Å². The number of likely N-dealkylation sites (N-methyl/N-ethyl adjacent to an activating group) is 1. The number of pyridine rings is 1. The highest BCUT2D eigenvalue weighted by atomic mass is 16.5. The van der Waals surface area contributed by atoms with E-state index in [1.807, 2.05) is 11.1 Å². The van der Waals surface area contributed by atoms with E-state index in [0.717, 1.165) is 65.9 Å². The van der Waals surface area contributed by atoms with Crippen LogP contribution in [0.1, 0.15) is 35.2 Å². The summed E-state index contributed by atoms with van der Waals surface area (Å²) in [5.41, 5.74) is 6.82. The third-order valence-corrected chi connectivity index (χ3v) is 8.68. The van der Waals surface area contributed by atoms with Gasteiger partial charge in [-0.05, 0) is 51.4 Å². The molecule has 2 aromatic heterocycles. The highest BCUT2D eigenvalue weighted by molar-refractivity contribution is 5.92. The van der Waals surface area contributed by atoms with Gasteiger partial charge in [0.2, 0.25) is 11.8 Å². The SMILES string of the molecule is C=CC(=O)N1CCN(c2c(C#N)c(OC[C@@H]3CCCN3C)nc3c2CCN(c2c(C)ccc4cn[nH]c24)C3)CC1. The summed E-state index contributed by atoms with van der Waals surface area (Å²) in [6, 6.07) is 6.99. The van der Waals surface area contributed by atoms with E-state index in [2.05, 4.69) is 63.6 Å². The average Bonchev–Trinajstić information content (AvgIpc) is 3.63. The second-order valence-electron chi connectivity index (χ2n) is 11.0. The lowest BCUT2D eigenvalue weighted by Crippen LogP contribution is -2.49. The van der Waals surface area contributed by atoms with Crippen molar-refractivity contribution >= 4 is 28.2 Å². The summed E-state index contributed by atoms with van der Waals surface area (Å²) in [4.78, 5) is 26.0. The van der Waals surface area contributed by atoms with Crippen LogP contribution in [0.15, 0.2) is 31.0 Å². The number of fused-ring (bicyclic) bond motifs is 2. The van der Waals surface area contributed by atoms with Crippen molar-refractivity contribution in [2.45, 2.75) is 38.8 Å². The summed E-state index contributed by atoms with van der Waals surface area (Å²) in [5.74, 6) is 0.361. The fraction of sp³-hybridized carbons (Fsp3) is 0.467. The molecule has 2 saturated heterocycles. The van der Waals surface area contributed by atoms with E-state index in [0.29, 0.717) is 56.8 Å². The van der Waals surface area contributed by atoms with Crippen LogP contribution in [-0.2, 0) is 17.8 Å². The zero-order valence-corrected chi connectivity index (χ0v) is 23.3. The van der Waals surface area contributed by atoms with Gasteiger partial charge in [0.25, 0.3) is 0 Å². The van der Waals surface area contributed by atoms with Gasteiger partial charge in [-0.3, -0.25) is 9.89 Å². The molecular weight excluding hydrogens is 504 g/mol. The van der Waals surface area contributed by atoms with Crippen LogP contribution in [0.2, 0.25) is 0 Å². The number of piperazine rings is 1. The van der Waals surface area contributed by atoms with Gasteiger partial charge < -0.3 is 24.3 Å². The van der Waals surface area contributed by atoms with Crippen molar-refractivity contribution in [3.8, 4) is 11.9 Å². The van der Waals surface area contributed by atoms with Gasteiger partial charge >= 0.3 is 0 Å². The molecule has 208 valence electrons. The Bertz CT molecular complexity index is 1480. The molecule has 10 heteroatoms. The van der Waals surface area contributed by atoms with Crippen molar-refractivity contribution in [2.75, 3.05) is 62.7 Å². The van der Waals surface area contributed by atoms with Gasteiger partial charge in [0.1, 0.15) is 18.2 Å². The second kappa shape index (κ2) is 10.8. The first kappa shape index (κ1) is 26.1. The maximum Gasteiger partial charge on any atom is 0.246 e. The fourth-order valence-electron chi connectivity index (χ4n) is 6.43. The molecular formula is C30H36N8O2. The topological polar surface area (TPSA) is 105 Å². The standard InChI is InChI=1S/C30H36N8O2/c1-4-26(39)36-12-14-37(15-13-36)29-23-9-11-38(28-20(2)7-8-21-17-32-34-27(21)28)18-25(23)33-30(24(29)16-31)40-19-22-6-5-10-35(22)3/h4,7-8,17,22H,1,5-6,9-15,18-19H2,2-3H3,(H,32,34)/t22-/m0/s1. The lowest BCUT2D eigenvalue weighted by molar-refractivity contribution is -0.126. The number of hydrogen-bond donors (Lipinski definition) is 1. The number of aromatic amines is 1. The van der Waals surface area contributed by atoms with Crippen LogP contribution in [-0.4, -0.2) is 89.9 Å². The normalized spacial score (nSPS) is 19.5. The number of rotatable bonds is 6. The zero-order chi connectivity index (χ0) is 27.8. The molecule has 0 unspecified atom stereocenters. The molecule has 2 fully saturated rings. The molecule has 0 spiro atoms. The van der Waals surface area contributed by atoms with Crippen molar-refractivity contribution in [1.82, 2.24) is 25.0 Å². The van der Waals surface area contributed by atoms with Crippen LogP contribution in [0, 0.1) is 18.3 Å². The van der Waals surface area contributed by atoms with Gasteiger partial charge in [0, 0.05) is 49.7 Å². The monoisotopic (exact) mass is 540 g/mol. The predicted molar refractivity (Wildman–Crippen MR) is 155 cm³/mol. The van der Waals surface area contributed by atoms with Gasteiger partial charge in [-0.15, -0.1) is 0 Å². The highest BCUT2D eigenvalue weighted by Gasteiger charge is 2.32. The lowest BCUT2D eigenvalue weighted by Gasteiger charge is -2.39. The first-order chi connectivity index (χ1) is 19.5. The minimum Gasteiger partial charge on any atom is -0.475 e. The number of H-pyrrole nitrogens is 1. The summed E-state index contributed by atoms with van der Waals surface area (Å²) in [7, 11) is 2.12. The third kappa shape index (κ3) is 4.64. The first-order valence-corrected chi connectivity index (χ1v) is 14.1. The number of carbonyl (C=O) groups excluding carboxylic acids is 1. The minimum atomic E-state index is -0.0550. The number of aromatic nitrogens is 3. The van der Waals surface area contributed by atoms with E-state index in [4.69, 9.17) is 9.72 Å². The molecule has 40 heavy (non-hydrogen) atoms. The Morgan fingerprint density at radius 3 is 2.75 bits per heavy atom. The molecule has 0 bridgehead atoms. The quantitative estimate of drug-likeness (QED) is 0.476. The summed E-state index contributed by atoms with van der Waals surface area (Å²) in [6.07, 6.45) is 6.21. The van der Waals surface area contributed by atoms with E-state index >= 15 is 0 Å². The molecule has 0 saturated carbocycles. The number of hydrogen-bond acceptors (Lipinski definition) is 8. The molecule has 6 rings (SSSR count). The summed E-state index contributed by atoms with van der Waals surface area (Å²) in [5, 5.41) is 19.0. The Labute approximate surface area is 234 Å². The molecule has 3 aliphatic rings. The van der Waals surface area contributed by atoms with Gasteiger partial charge in [-0.25, -0.2) is 4.98 Å². The van der Waals surface area contributed by atoms with Crippen molar-refractivity contribution < 1.29 is 9.53 Å². The molecule has 1 amide bonds. The number of carbonyl (C=O) groups is 1. The number of nitrogens with zero attached hydrogens (tertiary/aromatic N) is 7.